The van der Waals surface area contributed by atoms with Crippen LogP contribution >= 0.6 is 11.6 Å². The Morgan fingerprint density at radius 1 is 0.976 bits per heavy atom. The molecule has 11 nitrogen and oxygen atoms in total. The number of rotatable bonds is 6. The predicted molar refractivity (Wildman–Crippen MR) is 150 cm³/mol. The van der Waals surface area contributed by atoms with Crippen molar-refractivity contribution in [2.24, 2.45) is 5.92 Å². The molecule has 42 heavy (non-hydrogen) atoms. The molecule has 0 saturated carbocycles. The summed E-state index contributed by atoms with van der Waals surface area (Å²) >= 11 is 6.58. The van der Waals surface area contributed by atoms with Gasteiger partial charge in [0.25, 0.3) is 0 Å². The lowest BCUT2D eigenvalue weighted by atomic mass is 9.65. The van der Waals surface area contributed by atoms with E-state index in [1.807, 2.05) is 0 Å². The number of allylic oxidation sites excluding steroid dienone is 2. The first-order valence-electron chi connectivity index (χ1n) is 13.0. The van der Waals surface area contributed by atoms with Gasteiger partial charge in [-0.15, -0.1) is 0 Å². The van der Waals surface area contributed by atoms with Crippen molar-refractivity contribution >= 4 is 29.1 Å². The molecule has 3 aliphatic rings. The first-order chi connectivity index (χ1) is 20.0. The Balaban J connectivity index is 1.75. The topological polar surface area (TPSA) is 139 Å². The Labute approximate surface area is 246 Å². The molecule has 0 fully saturated rings. The van der Waals surface area contributed by atoms with Crippen molar-refractivity contribution in [2.45, 2.75) is 31.8 Å². The molecule has 2 aromatic rings. The third kappa shape index (κ3) is 3.90. The van der Waals surface area contributed by atoms with Crippen molar-refractivity contribution in [3.8, 4) is 34.5 Å². The average molecular weight is 600 g/mol. The smallest absolute Gasteiger partial charge is 0.336 e. The van der Waals surface area contributed by atoms with Crippen molar-refractivity contribution in [1.82, 2.24) is 5.32 Å². The molecule has 5 rings (SSSR count). The fraction of sp³-hybridized carbons (Fsp3) is 0.367. The molecule has 0 radical (unpaired) electrons. The number of ether oxygens (including phenoxy) is 6. The molecule has 1 spiro atoms. The number of phenols is 1. The standard InChI is InChI=1S/C30H30ClNO10/c1-12-8-15-22(27(34)30(12)28(35)23-16(37-3)11-17(38-4)24(31)26(23)42-30)21(20(13(2)32-15)29(36)41-7)14-9-18(39-5)25(33)19(10-14)40-6/h9-12,21,32-33H,8H2,1-7H3. The third-order valence-corrected chi connectivity index (χ3v) is 8.45. The molecule has 2 N–H and O–H groups in total. The highest BCUT2D eigenvalue weighted by atomic mass is 35.5. The zero-order valence-corrected chi connectivity index (χ0v) is 24.8. The molecule has 12 heteroatoms. The van der Waals surface area contributed by atoms with Crippen LogP contribution < -0.4 is 29.0 Å². The van der Waals surface area contributed by atoms with Crippen molar-refractivity contribution in [2.75, 3.05) is 35.5 Å². The maximum absolute atomic E-state index is 14.8. The molecule has 1 aliphatic carbocycles. The zero-order valence-electron chi connectivity index (χ0n) is 24.1. The summed E-state index contributed by atoms with van der Waals surface area (Å²) in [5, 5.41) is 13.8. The molecule has 2 aliphatic heterocycles. The minimum Gasteiger partial charge on any atom is -0.502 e. The van der Waals surface area contributed by atoms with E-state index in [4.69, 9.17) is 40.0 Å². The van der Waals surface area contributed by atoms with Gasteiger partial charge in [0.1, 0.15) is 22.1 Å². The van der Waals surface area contributed by atoms with E-state index >= 15 is 0 Å². The minimum absolute atomic E-state index is 0.0182. The Morgan fingerprint density at radius 3 is 2.12 bits per heavy atom. The van der Waals surface area contributed by atoms with Crippen LogP contribution in [-0.4, -0.2) is 63.8 Å². The first kappa shape index (κ1) is 29.1. The summed E-state index contributed by atoms with van der Waals surface area (Å²) in [4.78, 5) is 42.3. The summed E-state index contributed by atoms with van der Waals surface area (Å²) in [5.41, 5.74) is -0.371. The summed E-state index contributed by atoms with van der Waals surface area (Å²) in [7, 11) is 6.76. The third-order valence-electron chi connectivity index (χ3n) is 8.09. The summed E-state index contributed by atoms with van der Waals surface area (Å²) < 4.78 is 33.0. The van der Waals surface area contributed by atoms with Gasteiger partial charge in [0.2, 0.25) is 22.9 Å². The van der Waals surface area contributed by atoms with E-state index in [1.54, 1.807) is 13.8 Å². The number of carbonyl (C=O) groups is 3. The monoisotopic (exact) mass is 599 g/mol. The van der Waals surface area contributed by atoms with E-state index in [0.29, 0.717) is 17.0 Å². The molecular formula is C30H30ClNO10. The van der Waals surface area contributed by atoms with Gasteiger partial charge in [-0.25, -0.2) is 4.79 Å². The fourth-order valence-corrected chi connectivity index (χ4v) is 6.33. The van der Waals surface area contributed by atoms with Crippen LogP contribution in [0.2, 0.25) is 5.02 Å². The fourth-order valence-electron chi connectivity index (χ4n) is 6.07. The number of esters is 1. The van der Waals surface area contributed by atoms with E-state index in [9.17, 15) is 19.5 Å². The molecule has 0 saturated heterocycles. The molecule has 2 heterocycles. The van der Waals surface area contributed by atoms with Crippen molar-refractivity contribution in [3.63, 3.8) is 0 Å². The number of benzene rings is 2. The minimum atomic E-state index is -2.01. The van der Waals surface area contributed by atoms with Crippen LogP contribution in [0, 0.1) is 5.92 Å². The van der Waals surface area contributed by atoms with Gasteiger partial charge in [-0.05, 0) is 31.0 Å². The molecule has 2 aromatic carbocycles. The lowest BCUT2D eigenvalue weighted by Crippen LogP contribution is -2.58. The van der Waals surface area contributed by atoms with Crippen molar-refractivity contribution in [3.05, 3.63) is 56.9 Å². The summed E-state index contributed by atoms with van der Waals surface area (Å²) in [6.07, 6.45) is 0.215. The summed E-state index contributed by atoms with van der Waals surface area (Å²) in [6.45, 7) is 3.43. The molecule has 0 amide bonds. The number of ketones is 2. The second-order valence-corrected chi connectivity index (χ2v) is 10.5. The maximum Gasteiger partial charge on any atom is 0.336 e. The van der Waals surface area contributed by atoms with Crippen LogP contribution in [0.1, 0.15) is 42.1 Å². The zero-order chi connectivity index (χ0) is 30.7. The van der Waals surface area contributed by atoms with E-state index in [-0.39, 0.29) is 62.7 Å². The van der Waals surface area contributed by atoms with Gasteiger partial charge >= 0.3 is 5.97 Å². The lowest BCUT2D eigenvalue weighted by Gasteiger charge is -2.42. The van der Waals surface area contributed by atoms with Gasteiger partial charge in [-0.1, -0.05) is 18.5 Å². The van der Waals surface area contributed by atoms with E-state index in [1.165, 1.54) is 53.7 Å². The number of halogens is 1. The molecule has 0 bridgehead atoms. The van der Waals surface area contributed by atoms with Gasteiger partial charge in [0, 0.05) is 34.9 Å². The predicted octanol–water partition coefficient (Wildman–Crippen LogP) is 4.09. The van der Waals surface area contributed by atoms with E-state index in [0.717, 1.165) is 0 Å². The average Bonchev–Trinajstić information content (AvgIpc) is 3.30. The van der Waals surface area contributed by atoms with Crippen LogP contribution in [0.5, 0.6) is 34.5 Å². The normalized spacial score (nSPS) is 22.8. The summed E-state index contributed by atoms with van der Waals surface area (Å²) in [6, 6.07) is 4.47. The first-order valence-corrected chi connectivity index (χ1v) is 13.3. The number of Topliss-reactive ketones (excluding diaryl/α,β-unsaturated/α-hetero) is 2. The maximum atomic E-state index is 14.8. The number of hydrogen-bond acceptors (Lipinski definition) is 11. The van der Waals surface area contributed by atoms with E-state index < -0.39 is 35.0 Å². The molecular weight excluding hydrogens is 570 g/mol. The number of fused-ring (bicyclic) bond motifs is 1. The highest BCUT2D eigenvalue weighted by Gasteiger charge is 2.63. The summed E-state index contributed by atoms with van der Waals surface area (Å²) in [5.74, 6) is -3.47. The van der Waals surface area contributed by atoms with Gasteiger partial charge in [0.15, 0.2) is 17.2 Å². The number of nitrogens with one attached hydrogen (secondary N) is 1. The van der Waals surface area contributed by atoms with Crippen molar-refractivity contribution in [1.29, 1.82) is 0 Å². The second kappa shape index (κ2) is 10.5. The van der Waals surface area contributed by atoms with Crippen LogP contribution in [0.15, 0.2) is 40.7 Å². The number of phenolic OH excluding ortho intramolecular Hbond substituents is 1. The highest BCUT2D eigenvalue weighted by Crippen LogP contribution is 2.56. The van der Waals surface area contributed by atoms with Crippen LogP contribution in [0.25, 0.3) is 0 Å². The van der Waals surface area contributed by atoms with Gasteiger partial charge in [0.05, 0.1) is 41.1 Å². The van der Waals surface area contributed by atoms with Crippen LogP contribution in [0.3, 0.4) is 0 Å². The Morgan fingerprint density at radius 2 is 1.57 bits per heavy atom. The number of hydrogen-bond donors (Lipinski definition) is 2. The number of aromatic hydroxyl groups is 1. The van der Waals surface area contributed by atoms with E-state index in [2.05, 4.69) is 5.32 Å². The van der Waals surface area contributed by atoms with Crippen LogP contribution in [0.4, 0.5) is 0 Å². The Bertz CT molecular complexity index is 1580. The SMILES string of the molecule is COC(=O)C1=C(C)NC2=C(C(=O)C3(Oc4c(Cl)c(OC)cc(OC)c4C3=O)C(C)C2)C1c1cc(OC)c(O)c(OC)c1. The Kier molecular flexibility index (Phi) is 7.26. The molecule has 3 unspecified atom stereocenters. The van der Waals surface area contributed by atoms with Crippen molar-refractivity contribution < 1.29 is 47.9 Å². The lowest BCUT2D eigenvalue weighted by molar-refractivity contribution is -0.136. The number of dihydropyridines is 1. The molecule has 222 valence electrons. The molecule has 3 atom stereocenters. The van der Waals surface area contributed by atoms with Crippen LogP contribution in [-0.2, 0) is 14.3 Å². The number of carbonyl (C=O) groups excluding carboxylic acids is 3. The highest BCUT2D eigenvalue weighted by molar-refractivity contribution is 6.36. The second-order valence-electron chi connectivity index (χ2n) is 10.2. The quantitative estimate of drug-likeness (QED) is 0.366. The Hall–Kier alpha value is -4.38. The van der Waals surface area contributed by atoms with Gasteiger partial charge in [-0.2, -0.15) is 0 Å². The number of methoxy groups -OCH3 is 5. The largest absolute Gasteiger partial charge is 0.502 e. The van der Waals surface area contributed by atoms with Gasteiger partial charge < -0.3 is 38.8 Å². The molecule has 0 aromatic heterocycles. The van der Waals surface area contributed by atoms with Gasteiger partial charge in [-0.3, -0.25) is 9.59 Å².